The number of hydrogen-bond donors (Lipinski definition) is 1. The first-order valence-electron chi connectivity index (χ1n) is 5.18. The molecule has 0 rings (SSSR count). The van der Waals surface area contributed by atoms with E-state index in [0.717, 1.165) is 18.7 Å². The van der Waals surface area contributed by atoms with Gasteiger partial charge in [0, 0.05) is 25.9 Å². The molecule has 15 heavy (non-hydrogen) atoms. The molecule has 0 saturated heterocycles. The van der Waals surface area contributed by atoms with E-state index >= 15 is 0 Å². The van der Waals surface area contributed by atoms with Gasteiger partial charge in [0.05, 0.1) is 5.75 Å². The van der Waals surface area contributed by atoms with Crippen molar-refractivity contribution in [2.45, 2.75) is 13.3 Å². The fraction of sp³-hybridized carbons (Fsp3) is 1.00. The van der Waals surface area contributed by atoms with E-state index in [1.54, 1.807) is 18.8 Å². The monoisotopic (exact) mass is 254 g/mol. The first kappa shape index (κ1) is 15.2. The number of sulfonamides is 1. The summed E-state index contributed by atoms with van der Waals surface area (Å²) in [6.45, 7) is 4.08. The lowest BCUT2D eigenvalue weighted by Gasteiger charge is -2.16. The first-order valence-corrected chi connectivity index (χ1v) is 8.18. The van der Waals surface area contributed by atoms with Crippen LogP contribution in [0.2, 0.25) is 0 Å². The van der Waals surface area contributed by atoms with Gasteiger partial charge < -0.3 is 5.32 Å². The van der Waals surface area contributed by atoms with Gasteiger partial charge in [0.15, 0.2) is 0 Å². The molecule has 0 aromatic carbocycles. The highest BCUT2D eigenvalue weighted by molar-refractivity contribution is 7.98. The maximum atomic E-state index is 11.7. The molecule has 6 heteroatoms. The number of nitrogens with zero attached hydrogens (tertiary/aromatic N) is 1. The quantitative estimate of drug-likeness (QED) is 0.613. The third-order valence-corrected chi connectivity index (χ3v) is 4.49. The van der Waals surface area contributed by atoms with Crippen LogP contribution in [0.25, 0.3) is 0 Å². The van der Waals surface area contributed by atoms with Gasteiger partial charge in [-0.05, 0) is 19.2 Å². The van der Waals surface area contributed by atoms with Crippen molar-refractivity contribution in [2.24, 2.45) is 0 Å². The summed E-state index contributed by atoms with van der Waals surface area (Å²) >= 11 is 1.66. The highest BCUT2D eigenvalue weighted by atomic mass is 32.2. The molecular formula is C9H22N2O2S2. The average molecular weight is 254 g/mol. The minimum absolute atomic E-state index is 0.192. The Labute approximate surface area is 97.9 Å². The van der Waals surface area contributed by atoms with Crippen molar-refractivity contribution in [3.63, 3.8) is 0 Å². The van der Waals surface area contributed by atoms with Gasteiger partial charge in [-0.3, -0.25) is 0 Å². The molecule has 0 aliphatic heterocycles. The Balaban J connectivity index is 3.84. The van der Waals surface area contributed by atoms with Gasteiger partial charge in [-0.25, -0.2) is 12.7 Å². The standard InChI is InChI=1S/C9H22N2O2S2/c1-4-5-10-6-9-15(12,13)11(2)7-8-14-3/h10H,4-9H2,1-3H3. The molecule has 0 unspecified atom stereocenters. The molecular weight excluding hydrogens is 232 g/mol. The SMILES string of the molecule is CCCNCCS(=O)(=O)N(C)CCSC. The average Bonchev–Trinajstić information content (AvgIpc) is 2.21. The molecule has 0 heterocycles. The fourth-order valence-electron chi connectivity index (χ4n) is 1.02. The summed E-state index contributed by atoms with van der Waals surface area (Å²) in [6.07, 6.45) is 3.01. The van der Waals surface area contributed by atoms with Crippen molar-refractivity contribution < 1.29 is 8.42 Å². The Kier molecular flexibility index (Phi) is 8.50. The zero-order chi connectivity index (χ0) is 11.7. The van der Waals surface area contributed by atoms with Gasteiger partial charge in [-0.2, -0.15) is 11.8 Å². The van der Waals surface area contributed by atoms with E-state index in [2.05, 4.69) is 12.2 Å². The van der Waals surface area contributed by atoms with Crippen molar-refractivity contribution in [3.8, 4) is 0 Å². The summed E-state index contributed by atoms with van der Waals surface area (Å²) in [5, 5.41) is 3.09. The van der Waals surface area contributed by atoms with Crippen LogP contribution in [0.3, 0.4) is 0 Å². The number of nitrogens with one attached hydrogen (secondary N) is 1. The van der Waals surface area contributed by atoms with Gasteiger partial charge in [-0.15, -0.1) is 0 Å². The van der Waals surface area contributed by atoms with Crippen LogP contribution in [0.1, 0.15) is 13.3 Å². The summed E-state index contributed by atoms with van der Waals surface area (Å²) in [5.41, 5.74) is 0. The highest BCUT2D eigenvalue weighted by Crippen LogP contribution is 2.00. The van der Waals surface area contributed by atoms with Gasteiger partial charge in [-0.1, -0.05) is 6.92 Å². The smallest absolute Gasteiger partial charge is 0.215 e. The maximum Gasteiger partial charge on any atom is 0.215 e. The van der Waals surface area contributed by atoms with Crippen LogP contribution in [-0.4, -0.2) is 57.2 Å². The molecule has 0 aromatic rings. The van der Waals surface area contributed by atoms with Crippen LogP contribution in [0.5, 0.6) is 0 Å². The molecule has 0 aromatic heterocycles. The fourth-order valence-corrected chi connectivity index (χ4v) is 2.67. The Morgan fingerprint density at radius 2 is 2.00 bits per heavy atom. The van der Waals surface area contributed by atoms with E-state index in [0.29, 0.717) is 13.1 Å². The summed E-state index contributed by atoms with van der Waals surface area (Å²) in [4.78, 5) is 0. The molecule has 0 radical (unpaired) electrons. The van der Waals surface area contributed by atoms with E-state index in [9.17, 15) is 8.42 Å². The zero-order valence-corrected chi connectivity index (χ0v) is 11.5. The molecule has 1 N–H and O–H groups in total. The number of rotatable bonds is 9. The molecule has 92 valence electrons. The summed E-state index contributed by atoms with van der Waals surface area (Å²) < 4.78 is 24.8. The van der Waals surface area contributed by atoms with E-state index in [1.165, 1.54) is 4.31 Å². The van der Waals surface area contributed by atoms with E-state index in [-0.39, 0.29) is 5.75 Å². The predicted octanol–water partition coefficient (Wildman–Crippen LogP) is 0.611. The van der Waals surface area contributed by atoms with Crippen molar-refractivity contribution in [1.82, 2.24) is 9.62 Å². The summed E-state index contributed by atoms with van der Waals surface area (Å²) in [6, 6.07) is 0. The van der Waals surface area contributed by atoms with Crippen molar-refractivity contribution >= 4 is 21.8 Å². The largest absolute Gasteiger partial charge is 0.316 e. The third-order valence-electron chi connectivity index (χ3n) is 2.05. The second kappa shape index (κ2) is 8.38. The lowest BCUT2D eigenvalue weighted by Crippen LogP contribution is -2.35. The third kappa shape index (κ3) is 7.16. The topological polar surface area (TPSA) is 49.4 Å². The molecule has 0 spiro atoms. The lowest BCUT2D eigenvalue weighted by molar-refractivity contribution is 0.486. The van der Waals surface area contributed by atoms with Crippen molar-refractivity contribution in [1.29, 1.82) is 0 Å². The van der Waals surface area contributed by atoms with E-state index < -0.39 is 10.0 Å². The Hall–Kier alpha value is 0.220. The normalized spacial score (nSPS) is 12.3. The predicted molar refractivity (Wildman–Crippen MR) is 68.0 cm³/mol. The Bertz CT molecular complexity index is 242. The molecule has 0 aliphatic rings. The first-order chi connectivity index (χ1) is 7.04. The van der Waals surface area contributed by atoms with Gasteiger partial charge in [0.25, 0.3) is 0 Å². The van der Waals surface area contributed by atoms with Crippen molar-refractivity contribution in [2.75, 3.05) is 44.4 Å². The second-order valence-corrected chi connectivity index (χ2v) is 6.56. The molecule has 0 saturated carbocycles. The summed E-state index contributed by atoms with van der Waals surface area (Å²) in [7, 11) is -1.41. The van der Waals surface area contributed by atoms with Gasteiger partial charge >= 0.3 is 0 Å². The second-order valence-electron chi connectivity index (χ2n) is 3.38. The van der Waals surface area contributed by atoms with Crippen LogP contribution in [0.4, 0.5) is 0 Å². The number of hydrogen-bond acceptors (Lipinski definition) is 4. The Morgan fingerprint density at radius 3 is 2.53 bits per heavy atom. The van der Waals surface area contributed by atoms with Crippen LogP contribution >= 0.6 is 11.8 Å². The van der Waals surface area contributed by atoms with Crippen molar-refractivity contribution in [3.05, 3.63) is 0 Å². The lowest BCUT2D eigenvalue weighted by atomic mass is 10.5. The van der Waals surface area contributed by atoms with E-state index in [4.69, 9.17) is 0 Å². The minimum atomic E-state index is -3.06. The van der Waals surface area contributed by atoms with Crippen LogP contribution < -0.4 is 5.32 Å². The minimum Gasteiger partial charge on any atom is -0.316 e. The van der Waals surface area contributed by atoms with Gasteiger partial charge in [0.1, 0.15) is 0 Å². The van der Waals surface area contributed by atoms with Crippen LogP contribution in [-0.2, 0) is 10.0 Å². The molecule has 0 aliphatic carbocycles. The van der Waals surface area contributed by atoms with Crippen LogP contribution in [0.15, 0.2) is 0 Å². The molecule has 0 fully saturated rings. The molecule has 0 amide bonds. The maximum absolute atomic E-state index is 11.7. The van der Waals surface area contributed by atoms with E-state index in [1.807, 2.05) is 6.26 Å². The highest BCUT2D eigenvalue weighted by Gasteiger charge is 2.16. The molecule has 4 nitrogen and oxygen atoms in total. The molecule has 0 atom stereocenters. The summed E-state index contributed by atoms with van der Waals surface area (Å²) in [5.74, 6) is 1.04. The molecule has 0 bridgehead atoms. The van der Waals surface area contributed by atoms with Gasteiger partial charge in [0.2, 0.25) is 10.0 Å². The number of thioether (sulfide) groups is 1. The Morgan fingerprint density at radius 1 is 1.33 bits per heavy atom. The zero-order valence-electron chi connectivity index (χ0n) is 9.82. The van der Waals surface area contributed by atoms with Crippen LogP contribution in [0, 0.1) is 0 Å².